The Labute approximate surface area is 106 Å². The first-order valence-corrected chi connectivity index (χ1v) is 6.62. The van der Waals surface area contributed by atoms with Gasteiger partial charge in [0.15, 0.2) is 0 Å². The van der Waals surface area contributed by atoms with Crippen molar-refractivity contribution < 1.29 is 0 Å². The Morgan fingerprint density at radius 1 is 1.35 bits per heavy atom. The summed E-state index contributed by atoms with van der Waals surface area (Å²) in [4.78, 5) is 5.36. The van der Waals surface area contributed by atoms with Crippen LogP contribution in [-0.4, -0.2) is 15.3 Å². The molecule has 3 nitrogen and oxygen atoms in total. The highest BCUT2D eigenvalue weighted by molar-refractivity contribution is 7.99. The van der Waals surface area contributed by atoms with Crippen LogP contribution in [0.4, 0.5) is 5.69 Å². The third-order valence-electron chi connectivity index (χ3n) is 2.68. The predicted octanol–water partition coefficient (Wildman–Crippen LogP) is 2.87. The fourth-order valence-electron chi connectivity index (χ4n) is 1.69. The molecular weight excluding hydrogens is 230 g/mol. The molecule has 0 bridgehead atoms. The van der Waals surface area contributed by atoms with Gasteiger partial charge in [0.25, 0.3) is 0 Å². The van der Waals surface area contributed by atoms with Gasteiger partial charge in [0, 0.05) is 35.3 Å². The number of aromatic nitrogens is 2. The Morgan fingerprint density at radius 2 is 2.18 bits per heavy atom. The van der Waals surface area contributed by atoms with Gasteiger partial charge in [-0.25, -0.2) is 4.98 Å². The van der Waals surface area contributed by atoms with Gasteiger partial charge in [0.1, 0.15) is 5.82 Å². The molecule has 0 radical (unpaired) electrons. The van der Waals surface area contributed by atoms with Crippen LogP contribution in [-0.2, 0) is 6.54 Å². The zero-order valence-electron chi connectivity index (χ0n) is 10.2. The molecule has 0 amide bonds. The number of thioether (sulfide) groups is 1. The van der Waals surface area contributed by atoms with Crippen molar-refractivity contribution in [3.8, 4) is 0 Å². The fraction of sp³-hybridized carbons (Fsp3) is 0.308. The summed E-state index contributed by atoms with van der Waals surface area (Å²) in [6.45, 7) is 5.04. The Kier molecular flexibility index (Phi) is 3.74. The predicted molar refractivity (Wildman–Crippen MR) is 73.3 cm³/mol. The van der Waals surface area contributed by atoms with Crippen LogP contribution in [0, 0.1) is 13.8 Å². The molecule has 1 aromatic carbocycles. The van der Waals surface area contributed by atoms with Crippen LogP contribution in [0.5, 0.6) is 0 Å². The first-order chi connectivity index (χ1) is 8.16. The molecule has 1 aromatic heterocycles. The Hall–Kier alpha value is -1.42. The Bertz CT molecular complexity index is 505. The maximum Gasteiger partial charge on any atom is 0.105 e. The lowest BCUT2D eigenvalue weighted by Crippen LogP contribution is -2.01. The monoisotopic (exact) mass is 247 g/mol. The molecule has 2 aromatic rings. The zero-order chi connectivity index (χ0) is 12.3. The lowest BCUT2D eigenvalue weighted by Gasteiger charge is -2.07. The van der Waals surface area contributed by atoms with Crippen LogP contribution in [0.25, 0.3) is 0 Å². The molecule has 0 spiro atoms. The van der Waals surface area contributed by atoms with Crippen molar-refractivity contribution in [1.82, 2.24) is 9.55 Å². The van der Waals surface area contributed by atoms with E-state index in [0.717, 1.165) is 28.7 Å². The van der Waals surface area contributed by atoms with E-state index in [1.165, 1.54) is 5.56 Å². The van der Waals surface area contributed by atoms with Crippen molar-refractivity contribution in [3.63, 3.8) is 0 Å². The van der Waals surface area contributed by atoms with E-state index < -0.39 is 0 Å². The third kappa shape index (κ3) is 3.03. The second-order valence-corrected chi connectivity index (χ2v) is 5.19. The van der Waals surface area contributed by atoms with E-state index in [4.69, 9.17) is 5.73 Å². The topological polar surface area (TPSA) is 43.8 Å². The van der Waals surface area contributed by atoms with E-state index in [1.54, 1.807) is 11.8 Å². The van der Waals surface area contributed by atoms with Crippen molar-refractivity contribution in [2.24, 2.45) is 0 Å². The number of nitrogens with zero attached hydrogens (tertiary/aromatic N) is 2. The molecule has 0 fully saturated rings. The molecule has 0 saturated heterocycles. The summed E-state index contributed by atoms with van der Waals surface area (Å²) < 4.78 is 2.15. The third-order valence-corrected chi connectivity index (χ3v) is 3.75. The number of rotatable bonds is 4. The summed E-state index contributed by atoms with van der Waals surface area (Å²) in [7, 11) is 0. The molecule has 2 rings (SSSR count). The lowest BCUT2D eigenvalue weighted by atomic mass is 10.2. The van der Waals surface area contributed by atoms with Gasteiger partial charge in [-0.3, -0.25) is 0 Å². The summed E-state index contributed by atoms with van der Waals surface area (Å²) >= 11 is 1.79. The SMILES string of the molecule is Cc1ccc(SCCn2ccnc2C)c(N)c1. The zero-order valence-corrected chi connectivity index (χ0v) is 11.0. The van der Waals surface area contributed by atoms with Gasteiger partial charge in [-0.1, -0.05) is 6.07 Å². The smallest absolute Gasteiger partial charge is 0.105 e. The van der Waals surface area contributed by atoms with Gasteiger partial charge in [-0.2, -0.15) is 0 Å². The van der Waals surface area contributed by atoms with E-state index in [0.29, 0.717) is 0 Å². The van der Waals surface area contributed by atoms with Crippen molar-refractivity contribution >= 4 is 17.4 Å². The van der Waals surface area contributed by atoms with Gasteiger partial charge >= 0.3 is 0 Å². The van der Waals surface area contributed by atoms with E-state index in [2.05, 4.69) is 28.6 Å². The molecule has 0 aliphatic carbocycles. The standard InChI is InChI=1S/C13H17N3S/c1-10-3-4-13(12(14)9-10)17-8-7-16-6-5-15-11(16)2/h3-6,9H,7-8,14H2,1-2H3. The van der Waals surface area contributed by atoms with Crippen LogP contribution in [0.2, 0.25) is 0 Å². The number of imidazole rings is 1. The number of nitrogens with two attached hydrogens (primary N) is 1. The van der Waals surface area contributed by atoms with Crippen molar-refractivity contribution in [2.45, 2.75) is 25.3 Å². The molecule has 2 N–H and O–H groups in total. The second-order valence-electron chi connectivity index (χ2n) is 4.06. The van der Waals surface area contributed by atoms with E-state index in [1.807, 2.05) is 25.4 Å². The molecule has 1 heterocycles. The maximum absolute atomic E-state index is 5.97. The Balaban J connectivity index is 1.92. The van der Waals surface area contributed by atoms with Crippen LogP contribution >= 0.6 is 11.8 Å². The number of aryl methyl sites for hydroxylation is 3. The maximum atomic E-state index is 5.97. The number of hydrogen-bond acceptors (Lipinski definition) is 3. The normalized spacial score (nSPS) is 10.7. The number of hydrogen-bond donors (Lipinski definition) is 1. The molecule has 4 heteroatoms. The number of benzene rings is 1. The summed E-state index contributed by atoms with van der Waals surface area (Å²) in [6.07, 6.45) is 3.84. The number of nitrogen functional groups attached to an aromatic ring is 1. The van der Waals surface area contributed by atoms with Crippen molar-refractivity contribution in [3.05, 3.63) is 42.0 Å². The van der Waals surface area contributed by atoms with E-state index >= 15 is 0 Å². The summed E-state index contributed by atoms with van der Waals surface area (Å²) in [5.41, 5.74) is 8.05. The minimum atomic E-state index is 0.873. The first kappa shape index (κ1) is 12.0. The van der Waals surface area contributed by atoms with E-state index in [-0.39, 0.29) is 0 Å². The van der Waals surface area contributed by atoms with Gasteiger partial charge in [0.2, 0.25) is 0 Å². The molecule has 0 atom stereocenters. The van der Waals surface area contributed by atoms with Gasteiger partial charge in [-0.05, 0) is 31.5 Å². The van der Waals surface area contributed by atoms with Crippen LogP contribution in [0.1, 0.15) is 11.4 Å². The average molecular weight is 247 g/mol. The van der Waals surface area contributed by atoms with Crippen molar-refractivity contribution in [2.75, 3.05) is 11.5 Å². The molecule has 17 heavy (non-hydrogen) atoms. The quantitative estimate of drug-likeness (QED) is 0.667. The largest absolute Gasteiger partial charge is 0.398 e. The minimum absolute atomic E-state index is 0.873. The lowest BCUT2D eigenvalue weighted by molar-refractivity contribution is 0.738. The molecule has 0 unspecified atom stereocenters. The summed E-state index contributed by atoms with van der Waals surface area (Å²) in [5.74, 6) is 2.06. The highest BCUT2D eigenvalue weighted by atomic mass is 32.2. The highest BCUT2D eigenvalue weighted by Crippen LogP contribution is 2.25. The summed E-state index contributed by atoms with van der Waals surface area (Å²) in [5, 5.41) is 0. The fourth-order valence-corrected chi connectivity index (χ4v) is 2.59. The highest BCUT2D eigenvalue weighted by Gasteiger charge is 2.01. The summed E-state index contributed by atoms with van der Waals surface area (Å²) in [6, 6.07) is 6.21. The average Bonchev–Trinajstić information content (AvgIpc) is 2.68. The second kappa shape index (κ2) is 5.27. The molecular formula is C13H17N3S. The molecule has 0 saturated carbocycles. The molecule has 0 aliphatic heterocycles. The van der Waals surface area contributed by atoms with E-state index in [9.17, 15) is 0 Å². The number of anilines is 1. The van der Waals surface area contributed by atoms with Crippen LogP contribution in [0.3, 0.4) is 0 Å². The van der Waals surface area contributed by atoms with Gasteiger partial charge in [0.05, 0.1) is 0 Å². The van der Waals surface area contributed by atoms with Crippen LogP contribution in [0.15, 0.2) is 35.5 Å². The molecule has 0 aliphatic rings. The van der Waals surface area contributed by atoms with Gasteiger partial charge in [-0.15, -0.1) is 11.8 Å². The Morgan fingerprint density at radius 3 is 2.82 bits per heavy atom. The van der Waals surface area contributed by atoms with Crippen molar-refractivity contribution in [1.29, 1.82) is 0 Å². The molecule has 90 valence electrons. The van der Waals surface area contributed by atoms with Crippen LogP contribution < -0.4 is 5.73 Å². The minimum Gasteiger partial charge on any atom is -0.398 e. The first-order valence-electron chi connectivity index (χ1n) is 5.63. The van der Waals surface area contributed by atoms with Gasteiger partial charge < -0.3 is 10.3 Å².